The Labute approximate surface area is 139 Å². The molecule has 2 fully saturated rings. The van der Waals surface area contributed by atoms with Crippen LogP contribution in [0.3, 0.4) is 0 Å². The summed E-state index contributed by atoms with van der Waals surface area (Å²) in [5.74, 6) is 2.93. The lowest BCUT2D eigenvalue weighted by Crippen LogP contribution is -2.59. The fraction of sp³-hybridized carbons (Fsp3) is 0.833. The fourth-order valence-electron chi connectivity index (χ4n) is 4.30. The quantitative estimate of drug-likeness (QED) is 0.708. The summed E-state index contributed by atoms with van der Waals surface area (Å²) in [5.41, 5.74) is -0.334. The van der Waals surface area contributed by atoms with Gasteiger partial charge < -0.3 is 4.90 Å². The fourth-order valence-corrected chi connectivity index (χ4v) is 4.30. The van der Waals surface area contributed by atoms with E-state index in [1.165, 1.54) is 19.4 Å². The highest BCUT2D eigenvalue weighted by Gasteiger charge is 2.42. The molecule has 126 valence electrons. The second kappa shape index (κ2) is 7.00. The molecule has 2 atom stereocenters. The summed E-state index contributed by atoms with van der Waals surface area (Å²) in [6.07, 6.45) is 12.8. The van der Waals surface area contributed by atoms with Gasteiger partial charge in [0.25, 0.3) is 0 Å². The summed E-state index contributed by atoms with van der Waals surface area (Å²) in [6, 6.07) is 0.983. The van der Waals surface area contributed by atoms with Crippen molar-refractivity contribution in [1.82, 2.24) is 9.80 Å². The molecule has 2 unspecified atom stereocenters. The smallest absolute Gasteiger partial charge is 0.223 e. The van der Waals surface area contributed by atoms with Gasteiger partial charge in [0.2, 0.25) is 5.91 Å². The number of hydrogen-bond acceptors (Lipinski definition) is 4. The van der Waals surface area contributed by atoms with Crippen LogP contribution in [0.1, 0.15) is 58.3 Å². The van der Waals surface area contributed by atoms with Gasteiger partial charge in [0.1, 0.15) is 0 Å². The monoisotopic (exact) mass is 316 g/mol. The van der Waals surface area contributed by atoms with Crippen molar-refractivity contribution in [2.24, 2.45) is 10.2 Å². The van der Waals surface area contributed by atoms with Crippen LogP contribution in [-0.4, -0.2) is 53.1 Å². The molecular weight excluding hydrogens is 288 g/mol. The highest BCUT2D eigenvalue weighted by molar-refractivity contribution is 5.77. The molecule has 5 nitrogen and oxygen atoms in total. The number of amides is 1. The second-order valence-corrected chi connectivity index (χ2v) is 7.02. The Balaban J connectivity index is 1.55. The van der Waals surface area contributed by atoms with Crippen LogP contribution in [0.4, 0.5) is 0 Å². The minimum atomic E-state index is -0.334. The summed E-state index contributed by atoms with van der Waals surface area (Å²) in [7, 11) is 0. The van der Waals surface area contributed by atoms with Crippen LogP contribution in [0.25, 0.3) is 0 Å². The molecule has 3 heterocycles. The molecule has 0 aromatic carbocycles. The first-order valence-electron chi connectivity index (χ1n) is 9.10. The molecule has 3 aliphatic rings. The molecule has 0 bridgehead atoms. The van der Waals surface area contributed by atoms with E-state index >= 15 is 0 Å². The molecule has 0 saturated carbocycles. The third-order valence-corrected chi connectivity index (χ3v) is 5.68. The topological polar surface area (TPSA) is 48.3 Å². The number of fused-ring (bicyclic) bond motifs is 1. The summed E-state index contributed by atoms with van der Waals surface area (Å²) < 4.78 is 0. The maximum absolute atomic E-state index is 12.8. The summed E-state index contributed by atoms with van der Waals surface area (Å²) in [6.45, 7) is 5.43. The summed E-state index contributed by atoms with van der Waals surface area (Å²) >= 11 is 0. The van der Waals surface area contributed by atoms with E-state index in [-0.39, 0.29) is 11.6 Å². The number of carbonyl (C=O) groups is 1. The summed E-state index contributed by atoms with van der Waals surface area (Å²) in [5, 5.41) is 8.29. The Morgan fingerprint density at radius 1 is 1.22 bits per heavy atom. The van der Waals surface area contributed by atoms with Gasteiger partial charge >= 0.3 is 0 Å². The van der Waals surface area contributed by atoms with Crippen molar-refractivity contribution < 1.29 is 4.79 Å². The van der Waals surface area contributed by atoms with Crippen LogP contribution < -0.4 is 0 Å². The zero-order chi connectivity index (χ0) is 16.3. The van der Waals surface area contributed by atoms with Crippen molar-refractivity contribution in [3.63, 3.8) is 0 Å². The van der Waals surface area contributed by atoms with E-state index in [0.717, 1.165) is 38.8 Å². The van der Waals surface area contributed by atoms with Crippen LogP contribution in [0.5, 0.6) is 0 Å². The third-order valence-electron chi connectivity index (χ3n) is 5.68. The van der Waals surface area contributed by atoms with Gasteiger partial charge in [-0.2, -0.15) is 10.2 Å². The van der Waals surface area contributed by atoms with E-state index in [0.29, 0.717) is 24.9 Å². The van der Waals surface area contributed by atoms with E-state index in [2.05, 4.69) is 32.9 Å². The molecule has 0 radical (unpaired) electrons. The minimum Gasteiger partial charge on any atom is -0.338 e. The van der Waals surface area contributed by atoms with Gasteiger partial charge in [-0.3, -0.25) is 9.69 Å². The van der Waals surface area contributed by atoms with Crippen molar-refractivity contribution in [1.29, 1.82) is 0 Å². The number of likely N-dealkylation sites (tertiary alicyclic amines) is 2. The molecule has 0 aromatic heterocycles. The molecule has 0 aromatic rings. The molecule has 3 aliphatic heterocycles. The molecular formula is C18H28N4O. The number of hydrogen-bond donors (Lipinski definition) is 0. The lowest BCUT2D eigenvalue weighted by atomic mass is 9.87. The first-order valence-corrected chi connectivity index (χ1v) is 9.10. The molecule has 5 heteroatoms. The van der Waals surface area contributed by atoms with E-state index in [1.54, 1.807) is 0 Å². The highest BCUT2D eigenvalue weighted by Crippen LogP contribution is 2.38. The predicted molar refractivity (Wildman–Crippen MR) is 89.9 cm³/mol. The number of carbonyl (C=O) groups excluding carboxylic acids is 1. The van der Waals surface area contributed by atoms with Gasteiger partial charge in [-0.25, -0.2) is 0 Å². The van der Waals surface area contributed by atoms with Crippen molar-refractivity contribution in [2.75, 3.05) is 19.6 Å². The van der Waals surface area contributed by atoms with Crippen LogP contribution in [-0.2, 0) is 4.79 Å². The van der Waals surface area contributed by atoms with Crippen molar-refractivity contribution in [3.8, 4) is 12.3 Å². The van der Waals surface area contributed by atoms with Crippen molar-refractivity contribution >= 4 is 5.91 Å². The molecule has 23 heavy (non-hydrogen) atoms. The van der Waals surface area contributed by atoms with Crippen molar-refractivity contribution in [3.05, 3.63) is 0 Å². The normalized spacial score (nSPS) is 29.0. The third kappa shape index (κ3) is 3.58. The largest absolute Gasteiger partial charge is 0.338 e. The van der Waals surface area contributed by atoms with E-state index in [1.807, 2.05) is 0 Å². The molecule has 1 amide bonds. The van der Waals surface area contributed by atoms with Gasteiger partial charge in [0.15, 0.2) is 5.66 Å². The summed E-state index contributed by atoms with van der Waals surface area (Å²) in [4.78, 5) is 17.5. The van der Waals surface area contributed by atoms with Crippen LogP contribution >= 0.6 is 0 Å². The van der Waals surface area contributed by atoms with Crippen LogP contribution in [0, 0.1) is 12.3 Å². The number of rotatable bonds is 6. The Kier molecular flexibility index (Phi) is 5.01. The zero-order valence-corrected chi connectivity index (χ0v) is 14.2. The minimum absolute atomic E-state index is 0.287. The SMILES string of the molecule is C#CCCC1(CCC(=O)N2CCCC3C2CCCN3CC)N=N1. The van der Waals surface area contributed by atoms with Gasteiger partial charge in [-0.15, -0.1) is 12.3 Å². The number of nitrogens with zero attached hydrogens (tertiary/aromatic N) is 4. The number of terminal acetylenes is 1. The van der Waals surface area contributed by atoms with Gasteiger partial charge in [0, 0.05) is 44.3 Å². The molecule has 0 aliphatic carbocycles. The Bertz CT molecular complexity index is 504. The Hall–Kier alpha value is -1.41. The van der Waals surface area contributed by atoms with E-state index in [9.17, 15) is 4.79 Å². The molecule has 3 rings (SSSR count). The van der Waals surface area contributed by atoms with E-state index < -0.39 is 0 Å². The first kappa shape index (κ1) is 16.4. The van der Waals surface area contributed by atoms with Gasteiger partial charge in [-0.05, 0) is 38.8 Å². The number of piperidine rings is 2. The first-order chi connectivity index (χ1) is 11.2. The lowest BCUT2D eigenvalue weighted by molar-refractivity contribution is -0.139. The molecule has 2 saturated heterocycles. The highest BCUT2D eigenvalue weighted by atomic mass is 16.2. The van der Waals surface area contributed by atoms with Crippen molar-refractivity contribution in [2.45, 2.75) is 76.0 Å². The average molecular weight is 316 g/mol. The van der Waals surface area contributed by atoms with Crippen LogP contribution in [0.2, 0.25) is 0 Å². The maximum atomic E-state index is 12.8. The van der Waals surface area contributed by atoms with Crippen LogP contribution in [0.15, 0.2) is 10.2 Å². The standard InChI is InChI=1S/C18H28N4O/c1-3-5-11-18(19-20-18)12-10-17(23)22-14-7-8-15-16(22)9-6-13-21(15)4-2/h1,15-16H,4-14H2,2H3. The zero-order valence-electron chi connectivity index (χ0n) is 14.2. The predicted octanol–water partition coefficient (Wildman–Crippen LogP) is 2.82. The van der Waals surface area contributed by atoms with Gasteiger partial charge in [-0.1, -0.05) is 6.92 Å². The molecule has 0 spiro atoms. The Morgan fingerprint density at radius 2 is 1.96 bits per heavy atom. The average Bonchev–Trinajstić information content (AvgIpc) is 3.37. The second-order valence-electron chi connectivity index (χ2n) is 7.02. The molecule has 0 N–H and O–H groups in total. The maximum Gasteiger partial charge on any atom is 0.223 e. The lowest BCUT2D eigenvalue weighted by Gasteiger charge is -2.49. The Morgan fingerprint density at radius 3 is 2.65 bits per heavy atom. The van der Waals surface area contributed by atoms with E-state index in [4.69, 9.17) is 6.42 Å². The van der Waals surface area contributed by atoms with Gasteiger partial charge in [0.05, 0.1) is 0 Å². The number of likely N-dealkylation sites (N-methyl/N-ethyl adjacent to an activating group) is 1.